The van der Waals surface area contributed by atoms with Gasteiger partial charge in [0.25, 0.3) is 5.91 Å². The summed E-state index contributed by atoms with van der Waals surface area (Å²) in [5, 5.41) is 3.26. The minimum Gasteiger partial charge on any atom is -0.375 e. The predicted octanol–water partition coefficient (Wildman–Crippen LogP) is 2.39. The Bertz CT molecular complexity index is 430. The van der Waals surface area contributed by atoms with E-state index >= 15 is 0 Å². The lowest BCUT2D eigenvalue weighted by atomic mass is 10.1. The molecule has 0 spiro atoms. The van der Waals surface area contributed by atoms with Gasteiger partial charge in [-0.25, -0.2) is 0 Å². The van der Waals surface area contributed by atoms with Crippen LogP contribution in [0.2, 0.25) is 0 Å². The monoisotopic (exact) mass is 311 g/mol. The quantitative estimate of drug-likeness (QED) is 0.907. The summed E-state index contributed by atoms with van der Waals surface area (Å²) >= 11 is 0. The fourth-order valence-electron chi connectivity index (χ4n) is 2.43. The molecule has 0 unspecified atom stereocenters. The van der Waals surface area contributed by atoms with E-state index in [0.29, 0.717) is 0 Å². The van der Waals surface area contributed by atoms with Crippen molar-refractivity contribution in [1.29, 1.82) is 0 Å². The van der Waals surface area contributed by atoms with Crippen molar-refractivity contribution < 1.29 is 4.79 Å². The van der Waals surface area contributed by atoms with E-state index < -0.39 is 0 Å². The van der Waals surface area contributed by atoms with Crippen LogP contribution in [0, 0.1) is 0 Å². The van der Waals surface area contributed by atoms with Gasteiger partial charge in [0.15, 0.2) is 0 Å². The van der Waals surface area contributed by atoms with Gasteiger partial charge in [-0.3, -0.25) is 4.79 Å². The van der Waals surface area contributed by atoms with E-state index in [1.807, 2.05) is 29.2 Å². The number of unbranched alkanes of at least 4 members (excludes halogenated alkanes) is 1. The van der Waals surface area contributed by atoms with Gasteiger partial charge in [-0.1, -0.05) is 13.3 Å². The fraction of sp³-hybridized carbons (Fsp3) is 0.562. The molecule has 118 valence electrons. The van der Waals surface area contributed by atoms with Gasteiger partial charge in [-0.05, 0) is 30.7 Å². The zero-order chi connectivity index (χ0) is 14.4. The van der Waals surface area contributed by atoms with Crippen LogP contribution in [0.25, 0.3) is 0 Å². The molecule has 0 atom stereocenters. The molecule has 1 saturated heterocycles. The Morgan fingerprint density at radius 3 is 2.43 bits per heavy atom. The minimum absolute atomic E-state index is 0. The van der Waals surface area contributed by atoms with Crippen molar-refractivity contribution in [2.24, 2.45) is 0 Å². The van der Waals surface area contributed by atoms with E-state index in [2.05, 4.69) is 24.2 Å². The number of halogens is 1. The van der Waals surface area contributed by atoms with E-state index in [9.17, 15) is 4.79 Å². The summed E-state index contributed by atoms with van der Waals surface area (Å²) in [5.41, 5.74) is 1.97. The average Bonchev–Trinajstić information content (AvgIpc) is 2.53. The van der Waals surface area contributed by atoms with Gasteiger partial charge in [0, 0.05) is 51.0 Å². The Labute approximate surface area is 133 Å². The number of carbonyl (C=O) groups is 1. The molecule has 0 aromatic heterocycles. The van der Waals surface area contributed by atoms with Gasteiger partial charge >= 0.3 is 0 Å². The normalized spacial score (nSPS) is 14.5. The van der Waals surface area contributed by atoms with Crippen LogP contribution >= 0.6 is 12.4 Å². The average molecular weight is 312 g/mol. The van der Waals surface area contributed by atoms with Gasteiger partial charge in [-0.2, -0.15) is 0 Å². The maximum Gasteiger partial charge on any atom is 0.253 e. The summed E-state index contributed by atoms with van der Waals surface area (Å²) in [5.74, 6) is 0.147. The smallest absolute Gasteiger partial charge is 0.253 e. The van der Waals surface area contributed by atoms with Crippen LogP contribution in [-0.2, 0) is 0 Å². The lowest BCUT2D eigenvalue weighted by Crippen LogP contribution is -2.46. The molecule has 5 heteroatoms. The Hall–Kier alpha value is -1.26. The van der Waals surface area contributed by atoms with E-state index in [1.165, 1.54) is 18.5 Å². The number of amides is 1. The molecule has 1 amide bonds. The number of hydrogen-bond acceptors (Lipinski definition) is 3. The number of anilines is 1. The van der Waals surface area contributed by atoms with Crippen molar-refractivity contribution in [3.8, 4) is 0 Å². The first-order chi connectivity index (χ1) is 9.72. The second kappa shape index (κ2) is 8.90. The molecule has 0 aliphatic carbocycles. The van der Waals surface area contributed by atoms with E-state index in [-0.39, 0.29) is 18.3 Å². The van der Waals surface area contributed by atoms with Gasteiger partial charge in [0.1, 0.15) is 0 Å². The van der Waals surface area contributed by atoms with Crippen molar-refractivity contribution in [3.63, 3.8) is 0 Å². The highest BCUT2D eigenvalue weighted by Gasteiger charge is 2.17. The molecule has 0 radical (unpaired) electrons. The summed E-state index contributed by atoms with van der Waals surface area (Å²) in [6, 6.07) is 7.99. The number of benzene rings is 1. The minimum atomic E-state index is 0. The third kappa shape index (κ3) is 4.90. The van der Waals surface area contributed by atoms with Crippen LogP contribution in [-0.4, -0.2) is 50.6 Å². The van der Waals surface area contributed by atoms with Crippen LogP contribution in [0.15, 0.2) is 24.3 Å². The molecule has 0 saturated carbocycles. The number of carbonyl (C=O) groups excluding carboxylic acids is 1. The second-order valence-corrected chi connectivity index (χ2v) is 5.36. The molecule has 1 aromatic carbocycles. The molecule has 1 aliphatic heterocycles. The van der Waals surface area contributed by atoms with Crippen molar-refractivity contribution in [2.45, 2.75) is 19.8 Å². The number of hydrogen-bond donors (Lipinski definition) is 1. The zero-order valence-electron chi connectivity index (χ0n) is 13.0. The van der Waals surface area contributed by atoms with E-state index in [4.69, 9.17) is 0 Å². The standard InChI is InChI=1S/C16H25N3O.ClH/c1-3-4-11-18(2)15-7-5-14(6-8-15)16(20)19-12-9-17-10-13-19;/h5-8,17H,3-4,9-13H2,1-2H3;1H. The number of nitrogens with one attached hydrogen (secondary N) is 1. The summed E-state index contributed by atoms with van der Waals surface area (Å²) in [6.07, 6.45) is 2.39. The number of nitrogens with zero attached hydrogens (tertiary/aromatic N) is 2. The van der Waals surface area contributed by atoms with E-state index in [0.717, 1.165) is 38.3 Å². The fourth-order valence-corrected chi connectivity index (χ4v) is 2.43. The Morgan fingerprint density at radius 1 is 1.24 bits per heavy atom. The molecular weight excluding hydrogens is 286 g/mol. The maximum absolute atomic E-state index is 12.3. The SMILES string of the molecule is CCCCN(C)c1ccc(C(=O)N2CCNCC2)cc1.Cl. The van der Waals surface area contributed by atoms with Crippen molar-refractivity contribution in [1.82, 2.24) is 10.2 Å². The highest BCUT2D eigenvalue weighted by atomic mass is 35.5. The summed E-state index contributed by atoms with van der Waals surface area (Å²) in [6.45, 7) is 6.64. The molecule has 1 aliphatic rings. The third-order valence-corrected chi connectivity index (χ3v) is 3.81. The number of rotatable bonds is 5. The Kier molecular flexibility index (Phi) is 7.54. The van der Waals surface area contributed by atoms with Crippen molar-refractivity contribution >= 4 is 24.0 Å². The molecule has 1 heterocycles. The lowest BCUT2D eigenvalue weighted by molar-refractivity contribution is 0.0736. The summed E-state index contributed by atoms with van der Waals surface area (Å²) in [7, 11) is 2.10. The van der Waals surface area contributed by atoms with Gasteiger partial charge < -0.3 is 15.1 Å². The first kappa shape index (κ1) is 17.8. The van der Waals surface area contributed by atoms with Crippen LogP contribution in [0.1, 0.15) is 30.1 Å². The lowest BCUT2D eigenvalue weighted by Gasteiger charge is -2.27. The Balaban J connectivity index is 0.00000220. The van der Waals surface area contributed by atoms with Gasteiger partial charge in [-0.15, -0.1) is 12.4 Å². The zero-order valence-corrected chi connectivity index (χ0v) is 13.8. The molecule has 1 aromatic rings. The van der Waals surface area contributed by atoms with Crippen LogP contribution in [0.5, 0.6) is 0 Å². The van der Waals surface area contributed by atoms with Gasteiger partial charge in [0.2, 0.25) is 0 Å². The second-order valence-electron chi connectivity index (χ2n) is 5.36. The molecular formula is C16H26ClN3O. The molecule has 4 nitrogen and oxygen atoms in total. The molecule has 2 rings (SSSR count). The third-order valence-electron chi connectivity index (χ3n) is 3.81. The van der Waals surface area contributed by atoms with Crippen LogP contribution in [0.3, 0.4) is 0 Å². The maximum atomic E-state index is 12.3. The predicted molar refractivity (Wildman–Crippen MR) is 90.6 cm³/mol. The molecule has 21 heavy (non-hydrogen) atoms. The van der Waals surface area contributed by atoms with E-state index in [1.54, 1.807) is 0 Å². The van der Waals surface area contributed by atoms with Crippen molar-refractivity contribution in [3.05, 3.63) is 29.8 Å². The molecule has 1 N–H and O–H groups in total. The van der Waals surface area contributed by atoms with Gasteiger partial charge in [0.05, 0.1) is 0 Å². The Morgan fingerprint density at radius 2 is 1.86 bits per heavy atom. The summed E-state index contributed by atoms with van der Waals surface area (Å²) in [4.78, 5) is 16.5. The highest BCUT2D eigenvalue weighted by molar-refractivity contribution is 5.94. The topological polar surface area (TPSA) is 35.6 Å². The van der Waals surface area contributed by atoms with Crippen molar-refractivity contribution in [2.75, 3.05) is 44.7 Å². The largest absolute Gasteiger partial charge is 0.375 e. The molecule has 0 bridgehead atoms. The van der Waals surface area contributed by atoms with Crippen LogP contribution < -0.4 is 10.2 Å². The summed E-state index contributed by atoms with van der Waals surface area (Å²) < 4.78 is 0. The first-order valence-electron chi connectivity index (χ1n) is 7.53. The van der Waals surface area contributed by atoms with Crippen LogP contribution in [0.4, 0.5) is 5.69 Å². The number of piperazine rings is 1. The first-order valence-corrected chi connectivity index (χ1v) is 7.53. The molecule has 1 fully saturated rings. The highest BCUT2D eigenvalue weighted by Crippen LogP contribution is 2.16.